The molecular weight excluding hydrogens is 251 g/mol. The van der Waals surface area contributed by atoms with E-state index in [1.807, 2.05) is 0 Å². The molecule has 2 atom stereocenters. The molecule has 0 saturated carbocycles. The Kier molecular flexibility index (Phi) is 5.29. The van der Waals surface area contributed by atoms with Crippen molar-refractivity contribution in [2.45, 2.75) is 32.4 Å². The van der Waals surface area contributed by atoms with Crippen molar-refractivity contribution < 1.29 is 19.1 Å². The van der Waals surface area contributed by atoms with Crippen LogP contribution in [0.4, 0.5) is 9.18 Å². The van der Waals surface area contributed by atoms with Gasteiger partial charge in [-0.25, -0.2) is 9.18 Å². The molecule has 0 aliphatic rings. The summed E-state index contributed by atoms with van der Waals surface area (Å²) < 4.78 is 12.8. The van der Waals surface area contributed by atoms with Crippen LogP contribution in [0.1, 0.15) is 31.9 Å². The Morgan fingerprint density at radius 2 is 1.79 bits per heavy atom. The maximum absolute atomic E-state index is 12.8. The van der Waals surface area contributed by atoms with Crippen LogP contribution in [-0.2, 0) is 4.79 Å². The smallest absolute Gasteiger partial charge is 0.315 e. The summed E-state index contributed by atoms with van der Waals surface area (Å²) in [7, 11) is 0. The van der Waals surface area contributed by atoms with Crippen LogP contribution in [0.5, 0.6) is 0 Å². The molecule has 0 aromatic heterocycles. The molecule has 0 aliphatic heterocycles. The lowest BCUT2D eigenvalue weighted by Crippen LogP contribution is -2.42. The van der Waals surface area contributed by atoms with E-state index in [0.717, 1.165) is 5.56 Å². The van der Waals surface area contributed by atoms with E-state index in [0.29, 0.717) is 0 Å². The Hall–Kier alpha value is -2.11. The quantitative estimate of drug-likeness (QED) is 0.764. The lowest BCUT2D eigenvalue weighted by atomic mass is 10.1. The first-order valence-corrected chi connectivity index (χ1v) is 5.92. The van der Waals surface area contributed by atoms with Gasteiger partial charge in [-0.15, -0.1) is 0 Å². The van der Waals surface area contributed by atoms with E-state index < -0.39 is 18.0 Å². The summed E-state index contributed by atoms with van der Waals surface area (Å²) in [5.41, 5.74) is 0.766. The summed E-state index contributed by atoms with van der Waals surface area (Å²) in [5, 5.41) is 13.7. The molecule has 2 unspecified atom stereocenters. The summed E-state index contributed by atoms with van der Waals surface area (Å²) in [6.45, 7) is 3.37. The first-order chi connectivity index (χ1) is 8.88. The highest BCUT2D eigenvalue weighted by Crippen LogP contribution is 2.12. The van der Waals surface area contributed by atoms with E-state index >= 15 is 0 Å². The molecule has 1 aromatic rings. The second kappa shape index (κ2) is 6.72. The number of urea groups is 1. The van der Waals surface area contributed by atoms with E-state index in [1.165, 1.54) is 12.1 Å². The molecule has 19 heavy (non-hydrogen) atoms. The third kappa shape index (κ3) is 5.37. The average molecular weight is 268 g/mol. The van der Waals surface area contributed by atoms with Crippen LogP contribution in [0.2, 0.25) is 0 Å². The summed E-state index contributed by atoms with van der Waals surface area (Å²) in [6.07, 6.45) is -0.141. The van der Waals surface area contributed by atoms with Gasteiger partial charge >= 0.3 is 12.0 Å². The van der Waals surface area contributed by atoms with Gasteiger partial charge in [0.25, 0.3) is 0 Å². The molecular formula is C13H17FN2O3. The van der Waals surface area contributed by atoms with Crippen LogP contribution in [0.3, 0.4) is 0 Å². The molecule has 2 amide bonds. The number of amides is 2. The van der Waals surface area contributed by atoms with Crippen molar-refractivity contribution in [3.05, 3.63) is 35.6 Å². The Balaban J connectivity index is 2.47. The fourth-order valence-electron chi connectivity index (χ4n) is 1.61. The number of carbonyl (C=O) groups is 2. The number of nitrogens with one attached hydrogen (secondary N) is 2. The molecule has 5 nitrogen and oxygen atoms in total. The zero-order valence-electron chi connectivity index (χ0n) is 10.8. The highest BCUT2D eigenvalue weighted by atomic mass is 19.1. The molecule has 1 aromatic carbocycles. The summed E-state index contributed by atoms with van der Waals surface area (Å²) in [4.78, 5) is 22.1. The van der Waals surface area contributed by atoms with Gasteiger partial charge in [0.1, 0.15) is 5.82 Å². The minimum Gasteiger partial charge on any atom is -0.481 e. The first-order valence-electron chi connectivity index (χ1n) is 5.92. The van der Waals surface area contributed by atoms with Crippen molar-refractivity contribution in [2.75, 3.05) is 0 Å². The first kappa shape index (κ1) is 14.9. The van der Waals surface area contributed by atoms with Crippen LogP contribution in [0, 0.1) is 5.82 Å². The van der Waals surface area contributed by atoms with Crippen molar-refractivity contribution in [3.63, 3.8) is 0 Å². The number of carboxylic acids is 1. The molecule has 104 valence electrons. The van der Waals surface area contributed by atoms with Gasteiger partial charge in [-0.2, -0.15) is 0 Å². The average Bonchev–Trinajstić information content (AvgIpc) is 2.27. The Morgan fingerprint density at radius 1 is 1.21 bits per heavy atom. The zero-order valence-corrected chi connectivity index (χ0v) is 10.8. The lowest BCUT2D eigenvalue weighted by Gasteiger charge is -2.17. The van der Waals surface area contributed by atoms with Gasteiger partial charge < -0.3 is 15.7 Å². The minimum atomic E-state index is -0.973. The number of rotatable bonds is 5. The molecule has 0 bridgehead atoms. The van der Waals surface area contributed by atoms with E-state index in [9.17, 15) is 14.0 Å². The topological polar surface area (TPSA) is 78.4 Å². The number of halogens is 1. The maximum atomic E-state index is 12.8. The standard InChI is InChI=1S/C13H17FN2O3/c1-8(7-12(17)18)15-13(19)16-9(2)10-3-5-11(14)6-4-10/h3-6,8-9H,7H2,1-2H3,(H,17,18)(H2,15,16,19). The van der Waals surface area contributed by atoms with Crippen LogP contribution in [0.25, 0.3) is 0 Å². The molecule has 0 saturated heterocycles. The number of carbonyl (C=O) groups excluding carboxylic acids is 1. The predicted molar refractivity (Wildman–Crippen MR) is 68.2 cm³/mol. The van der Waals surface area contributed by atoms with Gasteiger partial charge in [0.2, 0.25) is 0 Å². The SMILES string of the molecule is CC(CC(=O)O)NC(=O)NC(C)c1ccc(F)cc1. The van der Waals surface area contributed by atoms with E-state index in [1.54, 1.807) is 26.0 Å². The lowest BCUT2D eigenvalue weighted by molar-refractivity contribution is -0.137. The Labute approximate surface area is 110 Å². The molecule has 0 heterocycles. The summed E-state index contributed by atoms with van der Waals surface area (Å²) >= 11 is 0. The second-order valence-corrected chi connectivity index (χ2v) is 4.39. The fourth-order valence-corrected chi connectivity index (χ4v) is 1.61. The van der Waals surface area contributed by atoms with Crippen molar-refractivity contribution in [2.24, 2.45) is 0 Å². The number of carboxylic acid groups (broad SMARTS) is 1. The number of hydrogen-bond acceptors (Lipinski definition) is 2. The highest BCUT2D eigenvalue weighted by Gasteiger charge is 2.13. The van der Waals surface area contributed by atoms with Crippen LogP contribution >= 0.6 is 0 Å². The van der Waals surface area contributed by atoms with Gasteiger partial charge in [-0.05, 0) is 31.5 Å². The van der Waals surface area contributed by atoms with Crippen molar-refractivity contribution in [3.8, 4) is 0 Å². The third-order valence-corrected chi connectivity index (χ3v) is 2.58. The maximum Gasteiger partial charge on any atom is 0.315 e. The highest BCUT2D eigenvalue weighted by molar-refractivity contribution is 5.76. The molecule has 0 radical (unpaired) electrons. The van der Waals surface area contributed by atoms with E-state index in [2.05, 4.69) is 10.6 Å². The van der Waals surface area contributed by atoms with Gasteiger partial charge in [-0.1, -0.05) is 12.1 Å². The number of aliphatic carboxylic acids is 1. The number of benzene rings is 1. The van der Waals surface area contributed by atoms with Gasteiger partial charge in [0.05, 0.1) is 12.5 Å². The van der Waals surface area contributed by atoms with Gasteiger partial charge in [0.15, 0.2) is 0 Å². The second-order valence-electron chi connectivity index (χ2n) is 4.39. The monoisotopic (exact) mass is 268 g/mol. The zero-order chi connectivity index (χ0) is 14.4. The Bertz CT molecular complexity index is 448. The van der Waals surface area contributed by atoms with Crippen molar-refractivity contribution in [1.29, 1.82) is 0 Å². The molecule has 0 spiro atoms. The van der Waals surface area contributed by atoms with Gasteiger partial charge in [-0.3, -0.25) is 4.79 Å². The largest absolute Gasteiger partial charge is 0.481 e. The normalized spacial score (nSPS) is 13.4. The number of hydrogen-bond donors (Lipinski definition) is 3. The van der Waals surface area contributed by atoms with Crippen molar-refractivity contribution in [1.82, 2.24) is 10.6 Å². The molecule has 0 fully saturated rings. The van der Waals surface area contributed by atoms with Crippen LogP contribution in [-0.4, -0.2) is 23.1 Å². The van der Waals surface area contributed by atoms with E-state index in [4.69, 9.17) is 5.11 Å². The van der Waals surface area contributed by atoms with Crippen LogP contribution < -0.4 is 10.6 Å². The summed E-state index contributed by atoms with van der Waals surface area (Å²) in [6, 6.07) is 4.60. The molecule has 6 heteroatoms. The van der Waals surface area contributed by atoms with E-state index in [-0.39, 0.29) is 18.3 Å². The summed E-state index contributed by atoms with van der Waals surface area (Å²) in [5.74, 6) is -1.31. The fraction of sp³-hybridized carbons (Fsp3) is 0.385. The predicted octanol–water partition coefficient (Wildman–Crippen LogP) is 2.05. The van der Waals surface area contributed by atoms with Gasteiger partial charge in [0, 0.05) is 6.04 Å². The van der Waals surface area contributed by atoms with Crippen molar-refractivity contribution >= 4 is 12.0 Å². The third-order valence-electron chi connectivity index (χ3n) is 2.58. The van der Waals surface area contributed by atoms with Crippen LogP contribution in [0.15, 0.2) is 24.3 Å². The Morgan fingerprint density at radius 3 is 2.32 bits per heavy atom. The molecule has 0 aliphatic carbocycles. The molecule has 1 rings (SSSR count). The minimum absolute atomic E-state index is 0.141. The molecule has 3 N–H and O–H groups in total.